The maximum atomic E-state index is 13.2. The zero-order valence-corrected chi connectivity index (χ0v) is 20.0. The number of carboxylic acid groups (broad SMARTS) is 1. The summed E-state index contributed by atoms with van der Waals surface area (Å²) >= 11 is 6.26. The van der Waals surface area contributed by atoms with Gasteiger partial charge in [0.15, 0.2) is 0 Å². The molecule has 2 aliphatic rings. The van der Waals surface area contributed by atoms with Gasteiger partial charge in [0.2, 0.25) is 0 Å². The van der Waals surface area contributed by atoms with Crippen LogP contribution in [-0.2, 0) is 16.1 Å². The van der Waals surface area contributed by atoms with E-state index in [4.69, 9.17) is 17.3 Å². The summed E-state index contributed by atoms with van der Waals surface area (Å²) in [6.07, 6.45) is 4.47. The number of rotatable bonds is 6. The van der Waals surface area contributed by atoms with Crippen LogP contribution in [0, 0.1) is 24.2 Å². The zero-order chi connectivity index (χ0) is 23.6. The van der Waals surface area contributed by atoms with Gasteiger partial charge >= 0.3 is 5.97 Å². The average molecular weight is 475 g/mol. The van der Waals surface area contributed by atoms with Gasteiger partial charge < -0.3 is 10.0 Å². The van der Waals surface area contributed by atoms with Gasteiger partial charge in [0.05, 0.1) is 4.91 Å². The Morgan fingerprint density at radius 3 is 2.72 bits per heavy atom. The first kappa shape index (κ1) is 24.0. The topological polar surface area (TPSA) is 107 Å². The second-order valence-electron chi connectivity index (χ2n) is 8.16. The number of hydrogen-bond acceptors (Lipinski definition) is 7. The van der Waals surface area contributed by atoms with Crippen molar-refractivity contribution in [2.45, 2.75) is 46.6 Å². The molecule has 1 aromatic rings. The van der Waals surface area contributed by atoms with Gasteiger partial charge in [-0.15, -0.1) is 0 Å². The molecule has 0 radical (unpaired) electrons. The van der Waals surface area contributed by atoms with Crippen molar-refractivity contribution in [2.24, 2.45) is 5.92 Å². The van der Waals surface area contributed by atoms with E-state index in [2.05, 4.69) is 11.8 Å². The third-order valence-electron chi connectivity index (χ3n) is 5.69. The van der Waals surface area contributed by atoms with Gasteiger partial charge in [-0.1, -0.05) is 37.8 Å². The highest BCUT2D eigenvalue weighted by Crippen LogP contribution is 2.36. The molecule has 170 valence electrons. The quantitative estimate of drug-likeness (QED) is 0.495. The number of nitriles is 1. The van der Waals surface area contributed by atoms with Gasteiger partial charge in [-0.05, 0) is 43.7 Å². The van der Waals surface area contributed by atoms with Gasteiger partial charge in [-0.25, -0.2) is 0 Å². The predicted molar refractivity (Wildman–Crippen MR) is 129 cm³/mol. The van der Waals surface area contributed by atoms with Gasteiger partial charge in [0.25, 0.3) is 11.5 Å². The molecule has 0 spiro atoms. The summed E-state index contributed by atoms with van der Waals surface area (Å²) in [5, 5.41) is 18.8. The minimum absolute atomic E-state index is 0.0551. The molecule has 3 rings (SSSR count). The lowest BCUT2D eigenvalue weighted by molar-refractivity contribution is -0.140. The molecule has 0 bridgehead atoms. The summed E-state index contributed by atoms with van der Waals surface area (Å²) < 4.78 is 1.82. The molecule has 2 fully saturated rings. The highest BCUT2D eigenvalue weighted by molar-refractivity contribution is 8.26. The Balaban J connectivity index is 2.23. The maximum absolute atomic E-state index is 13.2. The molecule has 1 aromatic heterocycles. The smallest absolute Gasteiger partial charge is 0.323 e. The van der Waals surface area contributed by atoms with Crippen LogP contribution in [0.25, 0.3) is 6.08 Å². The number of amides is 1. The Morgan fingerprint density at radius 2 is 2.12 bits per heavy atom. The van der Waals surface area contributed by atoms with E-state index in [0.29, 0.717) is 35.8 Å². The molecule has 32 heavy (non-hydrogen) atoms. The molecule has 3 heterocycles. The molecule has 0 aromatic carbocycles. The first-order chi connectivity index (χ1) is 15.2. The SMILES string of the molecule is CCCn1c(N2CCCC(C)C2)c(/C=C2\SC(=S)N(CC(=O)O)C2=O)c(C)c(C#N)c1=O. The molecular formula is C22H26N4O4S2. The molecule has 1 atom stereocenters. The van der Waals surface area contributed by atoms with Gasteiger partial charge in [-0.3, -0.25) is 23.9 Å². The number of hydrogen-bond donors (Lipinski definition) is 1. The molecule has 0 aliphatic carbocycles. The first-order valence-corrected chi connectivity index (χ1v) is 11.8. The second kappa shape index (κ2) is 9.88. The van der Waals surface area contributed by atoms with Gasteiger partial charge in [0.1, 0.15) is 28.3 Å². The fraction of sp³-hybridized carbons (Fsp3) is 0.500. The van der Waals surface area contributed by atoms with Crippen molar-refractivity contribution in [3.63, 3.8) is 0 Å². The van der Waals surface area contributed by atoms with Gasteiger partial charge in [0, 0.05) is 25.2 Å². The number of thiocarbonyl (C=S) groups is 1. The average Bonchev–Trinajstić information content (AvgIpc) is 2.99. The van der Waals surface area contributed by atoms with E-state index >= 15 is 0 Å². The van der Waals surface area contributed by atoms with Crippen molar-refractivity contribution in [3.05, 3.63) is 31.9 Å². The number of piperidine rings is 1. The van der Waals surface area contributed by atoms with Crippen molar-refractivity contribution in [2.75, 3.05) is 24.5 Å². The van der Waals surface area contributed by atoms with Crippen molar-refractivity contribution in [1.82, 2.24) is 9.47 Å². The Morgan fingerprint density at radius 1 is 1.41 bits per heavy atom. The summed E-state index contributed by atoms with van der Waals surface area (Å²) in [5.74, 6) is -0.466. The lowest BCUT2D eigenvalue weighted by atomic mass is 9.98. The van der Waals surface area contributed by atoms with Crippen LogP contribution < -0.4 is 10.5 Å². The standard InChI is InChI=1S/C22H26N4O4S2/c1-4-7-25-19(24-8-5-6-13(2)11-24)15(14(3)16(10-23)20(25)29)9-17-21(30)26(12-18(27)28)22(31)32-17/h9,13H,4-8,11-12H2,1-3H3,(H,27,28)/b17-9-. The molecular weight excluding hydrogens is 448 g/mol. The first-order valence-electron chi connectivity index (χ1n) is 10.6. The highest BCUT2D eigenvalue weighted by atomic mass is 32.2. The summed E-state index contributed by atoms with van der Waals surface area (Å²) in [6.45, 7) is 7.36. The van der Waals surface area contributed by atoms with E-state index < -0.39 is 18.4 Å². The maximum Gasteiger partial charge on any atom is 0.323 e. The van der Waals surface area contributed by atoms with Crippen LogP contribution >= 0.6 is 24.0 Å². The normalized spacial score (nSPS) is 20.2. The van der Waals surface area contributed by atoms with Crippen LogP contribution in [0.5, 0.6) is 0 Å². The number of aromatic nitrogens is 1. The molecule has 2 aliphatic heterocycles. The van der Waals surface area contributed by atoms with Gasteiger partial charge in [-0.2, -0.15) is 5.26 Å². The zero-order valence-electron chi connectivity index (χ0n) is 18.4. The van der Waals surface area contributed by atoms with E-state index in [-0.39, 0.29) is 20.3 Å². The fourth-order valence-electron chi connectivity index (χ4n) is 4.20. The number of carboxylic acids is 1. The van der Waals surface area contributed by atoms with E-state index in [9.17, 15) is 19.6 Å². The summed E-state index contributed by atoms with van der Waals surface area (Å²) in [4.78, 5) is 40.7. The van der Waals surface area contributed by atoms with Crippen molar-refractivity contribution in [1.29, 1.82) is 5.26 Å². The lowest BCUT2D eigenvalue weighted by Crippen LogP contribution is -2.40. The largest absolute Gasteiger partial charge is 0.480 e. The Bertz CT molecular complexity index is 1100. The molecule has 10 heteroatoms. The van der Waals surface area contributed by atoms with Crippen molar-refractivity contribution >= 4 is 52.1 Å². The Labute approximate surface area is 196 Å². The lowest BCUT2D eigenvalue weighted by Gasteiger charge is -2.36. The van der Waals surface area contributed by atoms with Crippen LogP contribution in [0.15, 0.2) is 9.70 Å². The number of anilines is 1. The van der Waals surface area contributed by atoms with Crippen molar-refractivity contribution in [3.8, 4) is 6.07 Å². The summed E-state index contributed by atoms with van der Waals surface area (Å²) in [6, 6.07) is 2.03. The van der Waals surface area contributed by atoms with Crippen LogP contribution in [0.4, 0.5) is 5.82 Å². The number of pyridine rings is 1. The molecule has 1 N–H and O–H groups in total. The van der Waals surface area contributed by atoms with Crippen LogP contribution in [0.2, 0.25) is 0 Å². The number of aliphatic carboxylic acids is 1. The number of nitrogens with zero attached hydrogens (tertiary/aromatic N) is 4. The minimum atomic E-state index is -1.15. The predicted octanol–water partition coefficient (Wildman–Crippen LogP) is 2.96. The molecule has 1 amide bonds. The number of carbonyl (C=O) groups is 2. The Hall–Kier alpha value is -2.64. The number of carbonyl (C=O) groups excluding carboxylic acids is 1. The summed E-state index contributed by atoms with van der Waals surface area (Å²) in [7, 11) is 0. The third kappa shape index (κ3) is 4.59. The molecule has 8 nitrogen and oxygen atoms in total. The van der Waals surface area contributed by atoms with E-state index in [0.717, 1.165) is 42.6 Å². The third-order valence-corrected chi connectivity index (χ3v) is 7.07. The molecule has 0 saturated carbocycles. The van der Waals surface area contributed by atoms with Crippen molar-refractivity contribution < 1.29 is 14.7 Å². The fourth-order valence-corrected chi connectivity index (χ4v) is 5.44. The molecule has 1 unspecified atom stereocenters. The van der Waals surface area contributed by atoms with E-state index in [1.165, 1.54) is 0 Å². The highest BCUT2D eigenvalue weighted by Gasteiger charge is 2.34. The second-order valence-corrected chi connectivity index (χ2v) is 9.84. The van der Waals surface area contributed by atoms with Crippen LogP contribution in [0.3, 0.4) is 0 Å². The van der Waals surface area contributed by atoms with Crippen LogP contribution in [0.1, 0.15) is 49.8 Å². The monoisotopic (exact) mass is 474 g/mol. The number of thioether (sulfide) groups is 1. The summed E-state index contributed by atoms with van der Waals surface area (Å²) in [5.41, 5.74) is 0.885. The molecule has 2 saturated heterocycles. The Kier molecular flexibility index (Phi) is 7.41. The van der Waals surface area contributed by atoms with E-state index in [1.807, 2.05) is 13.0 Å². The minimum Gasteiger partial charge on any atom is -0.480 e. The van der Waals surface area contributed by atoms with Crippen LogP contribution in [-0.4, -0.2) is 50.4 Å². The van der Waals surface area contributed by atoms with E-state index in [1.54, 1.807) is 17.6 Å².